The number of Topliss-reactive ketones (excluding diaryl/α,β-unsaturated/α-hetero) is 1. The van der Waals surface area contributed by atoms with Crippen LogP contribution in [0.4, 0.5) is 0 Å². The predicted molar refractivity (Wildman–Crippen MR) is 110 cm³/mol. The molecule has 3 atom stereocenters. The van der Waals surface area contributed by atoms with Gasteiger partial charge in [0.05, 0.1) is 13.2 Å². The van der Waals surface area contributed by atoms with Crippen LogP contribution in [0.1, 0.15) is 12.8 Å². The molecule has 1 aliphatic rings. The molecule has 0 aromatic rings. The van der Waals surface area contributed by atoms with Crippen LogP contribution in [0.5, 0.6) is 0 Å². The first-order chi connectivity index (χ1) is 11.5. The summed E-state index contributed by atoms with van der Waals surface area (Å²) in [5.41, 5.74) is -1.28. The lowest BCUT2D eigenvalue weighted by Gasteiger charge is -2.46. The minimum absolute atomic E-state index is 0.0232. The number of carbonyl (C=O) groups excluding carboxylic acids is 2. The maximum Gasteiger partial charge on any atom is 0.337 e. The second-order valence-corrected chi connectivity index (χ2v) is 23.3. The molecule has 0 N–H and O–H groups in total. The second-order valence-electron chi connectivity index (χ2n) is 9.97. The third-order valence-electron chi connectivity index (χ3n) is 3.69. The summed E-state index contributed by atoms with van der Waals surface area (Å²) in [6, 6.07) is 0. The number of carbonyl (C=O) groups is 2. The van der Waals surface area contributed by atoms with E-state index in [1.165, 1.54) is 7.11 Å². The molecule has 0 bridgehead atoms. The van der Waals surface area contributed by atoms with Gasteiger partial charge in [0.15, 0.2) is 36.3 Å². The first-order valence-electron chi connectivity index (χ1n) is 9.15. The Bertz CT molecular complexity index is 532. The fourth-order valence-electron chi connectivity index (χ4n) is 3.22. The van der Waals surface area contributed by atoms with Gasteiger partial charge >= 0.3 is 5.97 Å². The van der Waals surface area contributed by atoms with Crippen LogP contribution in [-0.2, 0) is 27.6 Å². The van der Waals surface area contributed by atoms with Crippen LogP contribution < -0.4 is 0 Å². The number of esters is 1. The largest absolute Gasteiger partial charge is 0.467 e. The van der Waals surface area contributed by atoms with E-state index in [9.17, 15) is 9.59 Å². The highest BCUT2D eigenvalue weighted by Crippen LogP contribution is 2.38. The van der Waals surface area contributed by atoms with Gasteiger partial charge in [0.1, 0.15) is 6.10 Å². The summed E-state index contributed by atoms with van der Waals surface area (Å²) < 4.78 is 23.8. The highest BCUT2D eigenvalue weighted by molar-refractivity contribution is 6.70. The van der Waals surface area contributed by atoms with Crippen molar-refractivity contribution < 1.29 is 27.6 Å². The molecular weight excluding hydrogens is 384 g/mol. The summed E-state index contributed by atoms with van der Waals surface area (Å²) in [5, 5.41) is 0. The molecule has 1 saturated carbocycles. The second kappa shape index (κ2) is 7.96. The zero-order valence-electron chi connectivity index (χ0n) is 18.0. The molecular formula is C17H36O6Si3. The quantitative estimate of drug-likeness (QED) is 0.463. The van der Waals surface area contributed by atoms with Crippen molar-refractivity contribution >= 4 is 36.7 Å². The van der Waals surface area contributed by atoms with E-state index >= 15 is 0 Å². The Hall–Kier alpha value is -0.329. The maximum atomic E-state index is 13.1. The van der Waals surface area contributed by atoms with E-state index in [1.807, 2.05) is 39.3 Å². The average molecular weight is 421 g/mol. The van der Waals surface area contributed by atoms with Crippen LogP contribution in [0.3, 0.4) is 0 Å². The standard InChI is InChI=1S/C17H36O6Si3/c1-20-16(19)17(23-26(8,9)10)11-13(18)15(22-25(5,6)7)14(12-17)21-24(2,3)4/h14-15H,11-12H2,1-10H3/t14-,15-,17+/m1/s1. The molecule has 0 radical (unpaired) electrons. The van der Waals surface area contributed by atoms with Crippen molar-refractivity contribution in [2.45, 2.75) is 89.6 Å². The Labute approximate surface area is 161 Å². The highest BCUT2D eigenvalue weighted by atomic mass is 28.4. The van der Waals surface area contributed by atoms with E-state index in [1.54, 1.807) is 0 Å². The lowest BCUT2D eigenvalue weighted by atomic mass is 9.80. The van der Waals surface area contributed by atoms with Gasteiger partial charge in [0.25, 0.3) is 0 Å². The summed E-state index contributed by atoms with van der Waals surface area (Å²) in [6.07, 6.45) is -0.874. The maximum absolute atomic E-state index is 13.1. The van der Waals surface area contributed by atoms with E-state index in [4.69, 9.17) is 18.0 Å². The Morgan fingerprint density at radius 1 is 0.923 bits per heavy atom. The molecule has 1 fully saturated rings. The zero-order chi connectivity index (χ0) is 20.6. The molecule has 0 heterocycles. The fourth-order valence-corrected chi connectivity index (χ4v) is 6.79. The number of ether oxygens (including phenoxy) is 1. The molecule has 0 unspecified atom stereocenters. The Balaban J connectivity index is 3.30. The molecule has 1 rings (SSSR count). The number of hydrogen-bond acceptors (Lipinski definition) is 6. The molecule has 0 aliphatic heterocycles. The van der Waals surface area contributed by atoms with Crippen LogP contribution >= 0.6 is 0 Å². The van der Waals surface area contributed by atoms with Gasteiger partial charge in [0.2, 0.25) is 0 Å². The monoisotopic (exact) mass is 420 g/mol. The van der Waals surface area contributed by atoms with Crippen molar-refractivity contribution in [3.8, 4) is 0 Å². The fraction of sp³-hybridized carbons (Fsp3) is 0.882. The van der Waals surface area contributed by atoms with E-state index < -0.39 is 48.7 Å². The van der Waals surface area contributed by atoms with Crippen molar-refractivity contribution in [2.75, 3.05) is 7.11 Å². The van der Waals surface area contributed by atoms with Crippen molar-refractivity contribution in [3.63, 3.8) is 0 Å². The zero-order valence-corrected chi connectivity index (χ0v) is 21.0. The molecule has 152 valence electrons. The van der Waals surface area contributed by atoms with Gasteiger partial charge in [-0.2, -0.15) is 0 Å². The first kappa shape index (κ1) is 23.7. The average Bonchev–Trinajstić information content (AvgIpc) is 2.37. The van der Waals surface area contributed by atoms with Crippen molar-refractivity contribution in [3.05, 3.63) is 0 Å². The third kappa shape index (κ3) is 7.01. The third-order valence-corrected chi connectivity index (χ3v) is 6.66. The minimum atomic E-state index is -2.11. The Morgan fingerprint density at radius 2 is 1.42 bits per heavy atom. The van der Waals surface area contributed by atoms with E-state index in [0.717, 1.165) is 0 Å². The van der Waals surface area contributed by atoms with Crippen molar-refractivity contribution in [1.82, 2.24) is 0 Å². The van der Waals surface area contributed by atoms with E-state index in [2.05, 4.69) is 19.6 Å². The highest BCUT2D eigenvalue weighted by Gasteiger charge is 2.55. The van der Waals surface area contributed by atoms with Gasteiger partial charge in [0, 0.05) is 12.8 Å². The Morgan fingerprint density at radius 3 is 1.81 bits per heavy atom. The van der Waals surface area contributed by atoms with Crippen LogP contribution in [0, 0.1) is 0 Å². The lowest BCUT2D eigenvalue weighted by molar-refractivity contribution is -0.174. The molecule has 1 aliphatic carbocycles. The lowest BCUT2D eigenvalue weighted by Crippen LogP contribution is -2.62. The molecule has 0 spiro atoms. The number of hydrogen-bond donors (Lipinski definition) is 0. The minimum Gasteiger partial charge on any atom is -0.467 e. The van der Waals surface area contributed by atoms with E-state index in [-0.39, 0.29) is 18.6 Å². The molecule has 0 saturated heterocycles. The number of rotatable bonds is 7. The summed E-state index contributed by atoms with van der Waals surface area (Å²) in [6.45, 7) is 18.3. The Kier molecular flexibility index (Phi) is 7.26. The predicted octanol–water partition coefficient (Wildman–Crippen LogP) is 3.55. The van der Waals surface area contributed by atoms with Crippen LogP contribution in [0.25, 0.3) is 0 Å². The van der Waals surface area contributed by atoms with Crippen LogP contribution in [0.15, 0.2) is 0 Å². The van der Waals surface area contributed by atoms with Gasteiger partial charge < -0.3 is 18.0 Å². The smallest absolute Gasteiger partial charge is 0.337 e. The van der Waals surface area contributed by atoms with Gasteiger partial charge in [-0.15, -0.1) is 0 Å². The number of methoxy groups -OCH3 is 1. The summed E-state index contributed by atoms with van der Waals surface area (Å²) >= 11 is 0. The summed E-state index contributed by atoms with van der Waals surface area (Å²) in [7, 11) is -4.71. The SMILES string of the molecule is COC(=O)[C@]1(O[Si](C)(C)C)CC(=O)[C@@H](O[Si](C)(C)C)[C@H](O[Si](C)(C)C)C1. The molecule has 0 amide bonds. The van der Waals surface area contributed by atoms with Crippen LogP contribution in [0.2, 0.25) is 58.9 Å². The van der Waals surface area contributed by atoms with Gasteiger partial charge in [-0.05, 0) is 58.9 Å². The molecule has 6 nitrogen and oxygen atoms in total. The van der Waals surface area contributed by atoms with Crippen molar-refractivity contribution in [1.29, 1.82) is 0 Å². The number of ketones is 1. The van der Waals surface area contributed by atoms with Crippen molar-refractivity contribution in [2.24, 2.45) is 0 Å². The first-order valence-corrected chi connectivity index (χ1v) is 19.4. The summed E-state index contributed by atoms with van der Waals surface area (Å²) in [4.78, 5) is 25.7. The van der Waals surface area contributed by atoms with Crippen LogP contribution in [-0.4, -0.2) is 61.6 Å². The van der Waals surface area contributed by atoms with Gasteiger partial charge in [-0.1, -0.05) is 0 Å². The topological polar surface area (TPSA) is 71.1 Å². The summed E-state index contributed by atoms with van der Waals surface area (Å²) in [5.74, 6) is -0.630. The molecule has 26 heavy (non-hydrogen) atoms. The van der Waals surface area contributed by atoms with E-state index in [0.29, 0.717) is 0 Å². The van der Waals surface area contributed by atoms with Gasteiger partial charge in [-0.3, -0.25) is 4.79 Å². The molecule has 9 heteroatoms. The molecule has 0 aromatic carbocycles. The van der Waals surface area contributed by atoms with Gasteiger partial charge in [-0.25, -0.2) is 4.79 Å². The normalized spacial score (nSPS) is 28.2. The molecule has 0 aromatic heterocycles.